The molecule has 27 heavy (non-hydrogen) atoms. The van der Waals surface area contributed by atoms with Crippen LogP contribution < -0.4 is 5.32 Å². The van der Waals surface area contributed by atoms with Crippen molar-refractivity contribution in [3.8, 4) is 0 Å². The summed E-state index contributed by atoms with van der Waals surface area (Å²) in [6, 6.07) is 11.0. The van der Waals surface area contributed by atoms with Gasteiger partial charge in [0.2, 0.25) is 5.91 Å². The van der Waals surface area contributed by atoms with Crippen LogP contribution in [0.2, 0.25) is 0 Å². The lowest BCUT2D eigenvalue weighted by atomic mass is 9.96. The fourth-order valence-electron chi connectivity index (χ4n) is 3.09. The number of hydrogen-bond donors (Lipinski definition) is 1. The van der Waals surface area contributed by atoms with Gasteiger partial charge in [-0.3, -0.25) is 19.7 Å². The molecule has 0 aliphatic carbocycles. The van der Waals surface area contributed by atoms with E-state index in [-0.39, 0.29) is 24.0 Å². The predicted octanol–water partition coefficient (Wildman–Crippen LogP) is 3.22. The highest BCUT2D eigenvalue weighted by Gasteiger charge is 2.29. The molecule has 1 saturated heterocycles. The van der Waals surface area contributed by atoms with Crippen molar-refractivity contribution < 1.29 is 18.9 Å². The number of benzene rings is 2. The van der Waals surface area contributed by atoms with Gasteiger partial charge in [-0.2, -0.15) is 0 Å². The van der Waals surface area contributed by atoms with E-state index in [1.54, 1.807) is 11.0 Å². The average Bonchev–Trinajstić information content (AvgIpc) is 2.68. The third-order valence-corrected chi connectivity index (χ3v) is 4.50. The van der Waals surface area contributed by atoms with E-state index in [9.17, 15) is 24.1 Å². The van der Waals surface area contributed by atoms with Gasteiger partial charge in [-0.05, 0) is 43.2 Å². The van der Waals surface area contributed by atoms with E-state index in [1.807, 2.05) is 0 Å². The van der Waals surface area contributed by atoms with Crippen LogP contribution in [0.3, 0.4) is 0 Å². The fourth-order valence-corrected chi connectivity index (χ4v) is 3.09. The molecule has 1 unspecified atom stereocenters. The summed E-state index contributed by atoms with van der Waals surface area (Å²) in [7, 11) is 0. The molecular formula is C19H18FN3O4. The van der Waals surface area contributed by atoms with Crippen LogP contribution in [0.15, 0.2) is 48.5 Å². The lowest BCUT2D eigenvalue weighted by molar-refractivity contribution is -0.384. The molecule has 0 aromatic heterocycles. The third kappa shape index (κ3) is 4.46. The normalized spacial score (nSPS) is 16.6. The topological polar surface area (TPSA) is 92.5 Å². The largest absolute Gasteiger partial charge is 0.338 e. The summed E-state index contributed by atoms with van der Waals surface area (Å²) in [5.41, 5.74) is 0.608. The van der Waals surface area contributed by atoms with E-state index >= 15 is 0 Å². The Morgan fingerprint density at radius 2 is 1.93 bits per heavy atom. The molecule has 0 bridgehead atoms. The summed E-state index contributed by atoms with van der Waals surface area (Å²) in [4.78, 5) is 37.0. The van der Waals surface area contributed by atoms with Crippen molar-refractivity contribution in [2.75, 3.05) is 18.4 Å². The Morgan fingerprint density at radius 1 is 1.19 bits per heavy atom. The number of anilines is 1. The molecule has 1 N–H and O–H groups in total. The highest BCUT2D eigenvalue weighted by molar-refractivity contribution is 5.96. The molecule has 2 amide bonds. The zero-order valence-corrected chi connectivity index (χ0v) is 14.4. The first-order chi connectivity index (χ1) is 12.9. The maximum absolute atomic E-state index is 13.0. The van der Waals surface area contributed by atoms with E-state index < -0.39 is 16.7 Å². The number of nitrogens with zero attached hydrogens (tertiary/aromatic N) is 2. The van der Waals surface area contributed by atoms with Crippen LogP contribution in [0.25, 0.3) is 0 Å². The van der Waals surface area contributed by atoms with Crippen molar-refractivity contribution in [1.29, 1.82) is 0 Å². The van der Waals surface area contributed by atoms with Crippen LogP contribution in [-0.2, 0) is 4.79 Å². The van der Waals surface area contributed by atoms with Gasteiger partial charge in [-0.1, -0.05) is 6.07 Å². The van der Waals surface area contributed by atoms with Crippen LogP contribution in [-0.4, -0.2) is 34.7 Å². The Bertz CT molecular complexity index is 870. The number of carbonyl (C=O) groups excluding carboxylic acids is 2. The van der Waals surface area contributed by atoms with Gasteiger partial charge in [0.25, 0.3) is 11.6 Å². The molecule has 3 rings (SSSR count). The van der Waals surface area contributed by atoms with Crippen LogP contribution in [0.1, 0.15) is 23.2 Å². The van der Waals surface area contributed by atoms with Gasteiger partial charge in [0.1, 0.15) is 5.82 Å². The number of carbonyl (C=O) groups is 2. The monoisotopic (exact) mass is 371 g/mol. The van der Waals surface area contributed by atoms with Crippen LogP contribution in [0.5, 0.6) is 0 Å². The van der Waals surface area contributed by atoms with Gasteiger partial charge in [0, 0.05) is 36.5 Å². The molecule has 0 saturated carbocycles. The molecule has 1 atom stereocenters. The quantitative estimate of drug-likeness (QED) is 0.660. The molecule has 0 spiro atoms. The number of rotatable bonds is 4. The Kier molecular flexibility index (Phi) is 5.44. The Labute approximate surface area is 154 Å². The van der Waals surface area contributed by atoms with Gasteiger partial charge < -0.3 is 10.2 Å². The van der Waals surface area contributed by atoms with Gasteiger partial charge in [-0.15, -0.1) is 0 Å². The van der Waals surface area contributed by atoms with Gasteiger partial charge in [0.15, 0.2) is 0 Å². The smallest absolute Gasteiger partial charge is 0.271 e. The number of amides is 2. The molecule has 0 radical (unpaired) electrons. The Hall–Kier alpha value is -3.29. The SMILES string of the molecule is O=C(Nc1cccc([N+](=O)[O-])c1)C1CCCN(C(=O)c2ccc(F)cc2)C1. The Balaban J connectivity index is 1.66. The van der Waals surface area contributed by atoms with Crippen molar-refractivity contribution in [1.82, 2.24) is 4.90 Å². The standard InChI is InChI=1S/C19H18FN3O4/c20-15-8-6-13(7-9-15)19(25)22-10-2-3-14(12-22)18(24)21-16-4-1-5-17(11-16)23(26)27/h1,4-9,11,14H,2-3,10,12H2,(H,21,24). The number of hydrogen-bond acceptors (Lipinski definition) is 4. The van der Waals surface area contributed by atoms with E-state index in [4.69, 9.17) is 0 Å². The maximum atomic E-state index is 13.0. The molecule has 1 aliphatic rings. The second-order valence-electron chi connectivity index (χ2n) is 6.39. The zero-order valence-electron chi connectivity index (χ0n) is 14.4. The van der Waals surface area contributed by atoms with Gasteiger partial charge >= 0.3 is 0 Å². The predicted molar refractivity (Wildman–Crippen MR) is 96.8 cm³/mol. The summed E-state index contributed by atoms with van der Waals surface area (Å²) in [5.74, 6) is -1.36. The first kappa shape index (κ1) is 18.5. The molecule has 1 heterocycles. The molecule has 1 aliphatic heterocycles. The number of piperidine rings is 1. The summed E-state index contributed by atoms with van der Waals surface area (Å²) in [5, 5.41) is 13.5. The number of halogens is 1. The number of non-ortho nitro benzene ring substituents is 1. The average molecular weight is 371 g/mol. The molecule has 140 valence electrons. The second kappa shape index (κ2) is 7.94. The molecule has 2 aromatic rings. The van der Waals surface area contributed by atoms with Gasteiger partial charge in [0.05, 0.1) is 10.8 Å². The number of nitrogens with one attached hydrogen (secondary N) is 1. The summed E-state index contributed by atoms with van der Waals surface area (Å²) in [6.07, 6.45) is 1.29. The van der Waals surface area contributed by atoms with E-state index in [0.29, 0.717) is 30.6 Å². The van der Waals surface area contributed by atoms with E-state index in [2.05, 4.69) is 5.32 Å². The lowest BCUT2D eigenvalue weighted by Crippen LogP contribution is -2.43. The first-order valence-corrected chi connectivity index (χ1v) is 8.54. The molecular weight excluding hydrogens is 353 g/mol. The van der Waals surface area contributed by atoms with Crippen molar-refractivity contribution in [2.45, 2.75) is 12.8 Å². The minimum atomic E-state index is -0.528. The Morgan fingerprint density at radius 3 is 2.63 bits per heavy atom. The van der Waals surface area contributed by atoms with Crippen LogP contribution in [0, 0.1) is 21.8 Å². The molecule has 7 nitrogen and oxygen atoms in total. The number of likely N-dealkylation sites (tertiary alicyclic amines) is 1. The summed E-state index contributed by atoms with van der Waals surface area (Å²) < 4.78 is 13.0. The zero-order chi connectivity index (χ0) is 19.4. The minimum absolute atomic E-state index is 0.107. The van der Waals surface area contributed by atoms with Crippen molar-refractivity contribution in [3.63, 3.8) is 0 Å². The summed E-state index contributed by atoms with van der Waals surface area (Å²) >= 11 is 0. The van der Waals surface area contributed by atoms with Gasteiger partial charge in [-0.25, -0.2) is 4.39 Å². The third-order valence-electron chi connectivity index (χ3n) is 4.50. The number of nitro groups is 1. The van der Waals surface area contributed by atoms with Crippen molar-refractivity contribution in [3.05, 3.63) is 70.0 Å². The van der Waals surface area contributed by atoms with E-state index in [0.717, 1.165) is 0 Å². The van der Waals surface area contributed by atoms with Crippen molar-refractivity contribution in [2.24, 2.45) is 5.92 Å². The van der Waals surface area contributed by atoms with Crippen LogP contribution >= 0.6 is 0 Å². The number of nitro benzene ring substituents is 1. The highest BCUT2D eigenvalue weighted by atomic mass is 19.1. The molecule has 2 aromatic carbocycles. The maximum Gasteiger partial charge on any atom is 0.271 e. The highest BCUT2D eigenvalue weighted by Crippen LogP contribution is 2.22. The summed E-state index contributed by atoms with van der Waals surface area (Å²) in [6.45, 7) is 0.772. The second-order valence-corrected chi connectivity index (χ2v) is 6.39. The van der Waals surface area contributed by atoms with Crippen molar-refractivity contribution >= 4 is 23.2 Å². The fraction of sp³-hybridized carbons (Fsp3) is 0.263. The van der Waals surface area contributed by atoms with E-state index in [1.165, 1.54) is 42.5 Å². The van der Waals surface area contributed by atoms with Crippen LogP contribution in [0.4, 0.5) is 15.8 Å². The first-order valence-electron chi connectivity index (χ1n) is 8.54. The molecule has 8 heteroatoms. The minimum Gasteiger partial charge on any atom is -0.338 e. The lowest BCUT2D eigenvalue weighted by Gasteiger charge is -2.32. The molecule has 1 fully saturated rings.